The summed E-state index contributed by atoms with van der Waals surface area (Å²) in [7, 11) is 1.93. The highest BCUT2D eigenvalue weighted by Crippen LogP contribution is 2.38. The van der Waals surface area contributed by atoms with Gasteiger partial charge in [-0.1, -0.05) is 17.7 Å². The highest BCUT2D eigenvalue weighted by molar-refractivity contribution is 9.10. The number of piperazine rings is 1. The van der Waals surface area contributed by atoms with Gasteiger partial charge in [0, 0.05) is 73.3 Å². The van der Waals surface area contributed by atoms with Crippen LogP contribution in [0.25, 0.3) is 0 Å². The topological polar surface area (TPSA) is 95.4 Å². The van der Waals surface area contributed by atoms with Crippen LogP contribution in [-0.4, -0.2) is 74.5 Å². The number of rotatable bonds is 6. The number of imidazole rings is 1. The van der Waals surface area contributed by atoms with Crippen LogP contribution in [0, 0.1) is 0 Å². The van der Waals surface area contributed by atoms with Crippen molar-refractivity contribution in [2.75, 3.05) is 26.2 Å². The zero-order valence-corrected chi connectivity index (χ0v) is 25.4. The van der Waals surface area contributed by atoms with E-state index in [0.29, 0.717) is 37.6 Å². The summed E-state index contributed by atoms with van der Waals surface area (Å²) < 4.78 is 2.88. The number of benzene rings is 1. The first-order chi connectivity index (χ1) is 19.2. The molecule has 11 heteroatoms. The van der Waals surface area contributed by atoms with Gasteiger partial charge in [0.1, 0.15) is 6.04 Å². The fraction of sp³-hybridized carbons (Fsp3) is 0.448. The van der Waals surface area contributed by atoms with Crippen LogP contribution < -0.4 is 10.6 Å². The lowest BCUT2D eigenvalue weighted by molar-refractivity contribution is -0.127. The molecule has 0 radical (unpaired) electrons. The van der Waals surface area contributed by atoms with Crippen LogP contribution in [0.3, 0.4) is 0 Å². The summed E-state index contributed by atoms with van der Waals surface area (Å²) in [5.74, 6) is -0.167. The van der Waals surface area contributed by atoms with Gasteiger partial charge in [0.25, 0.3) is 0 Å². The second-order valence-electron chi connectivity index (χ2n) is 10.8. The van der Waals surface area contributed by atoms with Gasteiger partial charge in [-0.2, -0.15) is 0 Å². The highest BCUT2D eigenvalue weighted by atomic mass is 79.9. The smallest absolute Gasteiger partial charge is 0.318 e. The van der Waals surface area contributed by atoms with Crippen LogP contribution in [0.5, 0.6) is 0 Å². The minimum atomic E-state index is -0.656. The molecule has 2 aromatic heterocycles. The molecule has 40 heavy (non-hydrogen) atoms. The second kappa shape index (κ2) is 12.3. The third-order valence-electron chi connectivity index (χ3n) is 7.64. The summed E-state index contributed by atoms with van der Waals surface area (Å²) in [5, 5.41) is 6.76. The molecule has 5 rings (SSSR count). The van der Waals surface area contributed by atoms with Crippen molar-refractivity contribution in [3.05, 3.63) is 80.6 Å². The van der Waals surface area contributed by atoms with E-state index in [1.807, 2.05) is 43.8 Å². The fourth-order valence-electron chi connectivity index (χ4n) is 5.68. The number of hydrogen-bond acceptors (Lipinski definition) is 5. The molecule has 1 saturated heterocycles. The van der Waals surface area contributed by atoms with E-state index in [1.54, 1.807) is 17.4 Å². The second-order valence-corrected chi connectivity index (χ2v) is 12.1. The average Bonchev–Trinajstić information content (AvgIpc) is 3.25. The van der Waals surface area contributed by atoms with Crippen molar-refractivity contribution < 1.29 is 9.59 Å². The first kappa shape index (κ1) is 28.6. The van der Waals surface area contributed by atoms with Crippen LogP contribution in [0.2, 0.25) is 5.02 Å². The molecule has 3 heterocycles. The quantitative estimate of drug-likeness (QED) is 0.432. The van der Waals surface area contributed by atoms with Crippen LogP contribution >= 0.6 is 27.5 Å². The first-order valence-corrected chi connectivity index (χ1v) is 14.8. The molecule has 212 valence electrons. The van der Waals surface area contributed by atoms with Crippen LogP contribution in [-0.2, 0) is 31.1 Å². The van der Waals surface area contributed by atoms with Crippen molar-refractivity contribution in [1.82, 2.24) is 35.0 Å². The number of halogens is 2. The molecule has 1 fully saturated rings. The van der Waals surface area contributed by atoms with Crippen molar-refractivity contribution in [3.8, 4) is 0 Å². The largest absolute Gasteiger partial charge is 0.354 e. The Bertz CT molecular complexity index is 1340. The van der Waals surface area contributed by atoms with Crippen LogP contribution in [0.15, 0.2) is 47.5 Å². The molecule has 9 nitrogen and oxygen atoms in total. The van der Waals surface area contributed by atoms with E-state index in [0.717, 1.165) is 34.3 Å². The molecule has 2 N–H and O–H groups in total. The summed E-state index contributed by atoms with van der Waals surface area (Å²) in [6.07, 6.45) is 7.74. The molecule has 1 unspecified atom stereocenters. The van der Waals surface area contributed by atoms with Crippen molar-refractivity contribution in [2.24, 2.45) is 7.05 Å². The number of aromatic nitrogens is 3. The van der Waals surface area contributed by atoms with Gasteiger partial charge >= 0.3 is 6.03 Å². The number of pyridine rings is 1. The lowest BCUT2D eigenvalue weighted by Gasteiger charge is -2.44. The van der Waals surface area contributed by atoms with Crippen molar-refractivity contribution >= 4 is 39.5 Å². The number of hydrogen-bond donors (Lipinski definition) is 2. The Morgan fingerprint density at radius 2 is 1.95 bits per heavy atom. The Kier molecular flexibility index (Phi) is 8.77. The maximum Gasteiger partial charge on any atom is 0.318 e. The summed E-state index contributed by atoms with van der Waals surface area (Å²) in [6, 6.07) is 7.12. The van der Waals surface area contributed by atoms with E-state index in [-0.39, 0.29) is 24.0 Å². The Morgan fingerprint density at radius 1 is 1.15 bits per heavy atom. The van der Waals surface area contributed by atoms with Gasteiger partial charge in [0.15, 0.2) is 0 Å². The Labute approximate surface area is 248 Å². The van der Waals surface area contributed by atoms with Gasteiger partial charge < -0.3 is 20.1 Å². The molecule has 3 amide bonds. The fourth-order valence-corrected chi connectivity index (χ4v) is 6.25. The standard InChI is InChI=1S/C29H35BrClN7O2/c1-18(2)35-29(40)38-11-10-37(16-25(38)28(39)33-9-8-23-15-32-17-36(23)3)27-24-7-6-22(31)13-19(24)4-5-20-12-21(30)14-34-26(20)27/h6-7,12-15,17-18,25,27H,4-5,8-11,16H2,1-3H3,(H,33,39)(H,35,40)/t25-,27?/m1/s1. The van der Waals surface area contributed by atoms with Crippen molar-refractivity contribution in [3.63, 3.8) is 0 Å². The number of nitrogens with one attached hydrogen (secondary N) is 2. The van der Waals surface area contributed by atoms with E-state index in [9.17, 15) is 9.59 Å². The summed E-state index contributed by atoms with van der Waals surface area (Å²) in [4.78, 5) is 39.9. The maximum absolute atomic E-state index is 13.7. The number of amides is 3. The normalized spacial score (nSPS) is 19.1. The zero-order chi connectivity index (χ0) is 28.4. The number of aryl methyl sites for hydroxylation is 3. The molecule has 1 aromatic carbocycles. The van der Waals surface area contributed by atoms with E-state index >= 15 is 0 Å². The van der Waals surface area contributed by atoms with Crippen molar-refractivity contribution in [1.29, 1.82) is 0 Å². The molecule has 3 aromatic rings. The van der Waals surface area contributed by atoms with E-state index < -0.39 is 6.04 Å². The van der Waals surface area contributed by atoms with Crippen LogP contribution in [0.1, 0.15) is 48.0 Å². The number of urea groups is 1. The van der Waals surface area contributed by atoms with Gasteiger partial charge in [0.05, 0.1) is 18.1 Å². The molecule has 1 aliphatic carbocycles. The molecule has 0 saturated carbocycles. The van der Waals surface area contributed by atoms with Gasteiger partial charge in [-0.15, -0.1) is 0 Å². The maximum atomic E-state index is 13.7. The summed E-state index contributed by atoms with van der Waals surface area (Å²) in [5.41, 5.74) is 5.52. The third-order valence-corrected chi connectivity index (χ3v) is 8.31. The number of carbonyl (C=O) groups is 2. The van der Waals surface area contributed by atoms with E-state index in [1.165, 1.54) is 11.1 Å². The number of nitrogens with zero attached hydrogens (tertiary/aromatic N) is 5. The van der Waals surface area contributed by atoms with Gasteiger partial charge in [0.2, 0.25) is 5.91 Å². The predicted octanol–water partition coefficient (Wildman–Crippen LogP) is 3.88. The van der Waals surface area contributed by atoms with E-state index in [2.05, 4.69) is 48.6 Å². The molecule has 0 bridgehead atoms. The first-order valence-electron chi connectivity index (χ1n) is 13.7. The lowest BCUT2D eigenvalue weighted by Crippen LogP contribution is -2.63. The SMILES string of the molecule is CC(C)NC(=O)N1CCN(C2c3ccc(Cl)cc3CCc3cc(Br)cnc32)C[C@@H]1C(=O)NCCc1cncn1C. The van der Waals surface area contributed by atoms with Gasteiger partial charge in [-0.25, -0.2) is 9.78 Å². The Balaban J connectivity index is 1.44. The highest BCUT2D eigenvalue weighted by Gasteiger charge is 2.40. The molecule has 1 aliphatic heterocycles. The van der Waals surface area contributed by atoms with Crippen molar-refractivity contribution in [2.45, 2.75) is 51.2 Å². The Morgan fingerprint density at radius 3 is 2.70 bits per heavy atom. The van der Waals surface area contributed by atoms with Gasteiger partial charge in [-0.3, -0.25) is 14.7 Å². The predicted molar refractivity (Wildman–Crippen MR) is 158 cm³/mol. The molecular formula is C29H35BrClN7O2. The monoisotopic (exact) mass is 627 g/mol. The summed E-state index contributed by atoms with van der Waals surface area (Å²) in [6.45, 7) is 5.71. The summed E-state index contributed by atoms with van der Waals surface area (Å²) >= 11 is 10.00. The average molecular weight is 629 g/mol. The van der Waals surface area contributed by atoms with E-state index in [4.69, 9.17) is 16.6 Å². The molecule has 2 atom stereocenters. The zero-order valence-electron chi connectivity index (χ0n) is 23.0. The molecule has 2 aliphatic rings. The minimum absolute atomic E-state index is 0.0351. The molecular weight excluding hydrogens is 594 g/mol. The van der Waals surface area contributed by atoms with Gasteiger partial charge in [-0.05, 0) is 77.5 Å². The minimum Gasteiger partial charge on any atom is -0.354 e. The third kappa shape index (κ3) is 6.19. The Hall–Kier alpha value is -2.95. The van der Waals surface area contributed by atoms with Crippen LogP contribution in [0.4, 0.5) is 4.79 Å². The lowest BCUT2D eigenvalue weighted by atomic mass is 9.95. The number of fused-ring (bicyclic) bond motifs is 2. The molecule has 0 spiro atoms. The number of carbonyl (C=O) groups excluding carboxylic acids is 2.